The SMILES string of the molecule is Cc1ccc(-n2cnnc2SCC(=O)Nc2sc3c(c2C#N)CCCC3)c(C)c1. The van der Waals surface area contributed by atoms with Gasteiger partial charge in [-0.1, -0.05) is 29.5 Å². The number of nitriles is 1. The maximum atomic E-state index is 12.6. The predicted molar refractivity (Wildman–Crippen MR) is 116 cm³/mol. The van der Waals surface area contributed by atoms with Crippen molar-refractivity contribution in [2.24, 2.45) is 0 Å². The molecular weight excluding hydrogens is 402 g/mol. The number of carbonyl (C=O) groups is 1. The molecular formula is C21H21N5OS2. The smallest absolute Gasteiger partial charge is 0.235 e. The quantitative estimate of drug-likeness (QED) is 0.614. The molecule has 1 N–H and O–H groups in total. The molecule has 0 spiro atoms. The maximum Gasteiger partial charge on any atom is 0.235 e. The van der Waals surface area contributed by atoms with Gasteiger partial charge in [-0.2, -0.15) is 5.26 Å². The van der Waals surface area contributed by atoms with E-state index in [2.05, 4.69) is 34.6 Å². The summed E-state index contributed by atoms with van der Waals surface area (Å²) in [5, 5.41) is 22.0. The summed E-state index contributed by atoms with van der Waals surface area (Å²) in [6, 6.07) is 8.47. The molecule has 148 valence electrons. The molecule has 6 nitrogen and oxygen atoms in total. The van der Waals surface area contributed by atoms with E-state index < -0.39 is 0 Å². The lowest BCUT2D eigenvalue weighted by atomic mass is 9.96. The van der Waals surface area contributed by atoms with Crippen molar-refractivity contribution in [1.82, 2.24) is 14.8 Å². The Bertz CT molecular complexity index is 1110. The maximum absolute atomic E-state index is 12.6. The zero-order chi connectivity index (χ0) is 20.4. The molecule has 0 saturated carbocycles. The van der Waals surface area contributed by atoms with Gasteiger partial charge in [-0.25, -0.2) is 0 Å². The van der Waals surface area contributed by atoms with Crippen LogP contribution in [0.15, 0.2) is 29.7 Å². The monoisotopic (exact) mass is 423 g/mol. The van der Waals surface area contributed by atoms with Crippen molar-refractivity contribution >= 4 is 34.0 Å². The topological polar surface area (TPSA) is 83.6 Å². The number of rotatable bonds is 5. The number of thiophene rings is 1. The highest BCUT2D eigenvalue weighted by molar-refractivity contribution is 7.99. The Morgan fingerprint density at radius 1 is 1.34 bits per heavy atom. The van der Waals surface area contributed by atoms with E-state index in [0.717, 1.165) is 42.5 Å². The summed E-state index contributed by atoms with van der Waals surface area (Å²) in [5.74, 6) is 0.0668. The van der Waals surface area contributed by atoms with Gasteiger partial charge >= 0.3 is 0 Å². The number of nitrogens with zero attached hydrogens (tertiary/aromatic N) is 4. The Kier molecular flexibility index (Phi) is 5.69. The molecule has 0 saturated heterocycles. The van der Waals surface area contributed by atoms with Gasteiger partial charge in [0.2, 0.25) is 5.91 Å². The summed E-state index contributed by atoms with van der Waals surface area (Å²) in [4.78, 5) is 13.8. The average molecular weight is 424 g/mol. The molecule has 2 heterocycles. The van der Waals surface area contributed by atoms with Crippen LogP contribution in [-0.2, 0) is 17.6 Å². The van der Waals surface area contributed by atoms with Crippen molar-refractivity contribution in [3.8, 4) is 11.8 Å². The minimum Gasteiger partial charge on any atom is -0.316 e. The Morgan fingerprint density at radius 2 is 2.17 bits per heavy atom. The second kappa shape index (κ2) is 8.39. The number of hydrogen-bond donors (Lipinski definition) is 1. The van der Waals surface area contributed by atoms with Crippen LogP contribution >= 0.6 is 23.1 Å². The molecule has 0 bridgehead atoms. The number of hydrogen-bond acceptors (Lipinski definition) is 6. The van der Waals surface area contributed by atoms with Crippen LogP contribution in [0.1, 0.15) is 40.0 Å². The van der Waals surface area contributed by atoms with Gasteiger partial charge < -0.3 is 5.32 Å². The fourth-order valence-electron chi connectivity index (χ4n) is 3.63. The molecule has 0 unspecified atom stereocenters. The van der Waals surface area contributed by atoms with Crippen molar-refractivity contribution in [2.45, 2.75) is 44.7 Å². The van der Waals surface area contributed by atoms with Gasteiger partial charge in [0.1, 0.15) is 17.4 Å². The van der Waals surface area contributed by atoms with Crippen LogP contribution in [0.25, 0.3) is 5.69 Å². The number of aryl methyl sites for hydroxylation is 3. The minimum atomic E-state index is -0.139. The van der Waals surface area contributed by atoms with E-state index in [1.807, 2.05) is 23.6 Å². The van der Waals surface area contributed by atoms with Gasteiger partial charge in [0, 0.05) is 4.88 Å². The van der Waals surface area contributed by atoms with Crippen LogP contribution in [0, 0.1) is 25.2 Å². The number of anilines is 1. The number of nitrogens with one attached hydrogen (secondary N) is 1. The second-order valence-electron chi connectivity index (χ2n) is 7.14. The lowest BCUT2D eigenvalue weighted by molar-refractivity contribution is -0.113. The number of benzene rings is 1. The summed E-state index contributed by atoms with van der Waals surface area (Å²) >= 11 is 2.88. The van der Waals surface area contributed by atoms with Crippen molar-refractivity contribution in [2.75, 3.05) is 11.1 Å². The van der Waals surface area contributed by atoms with Crippen LogP contribution in [0.2, 0.25) is 0 Å². The van der Waals surface area contributed by atoms with Gasteiger partial charge in [-0.15, -0.1) is 21.5 Å². The van der Waals surface area contributed by atoms with Gasteiger partial charge in [0.15, 0.2) is 5.16 Å². The highest BCUT2D eigenvalue weighted by Gasteiger charge is 2.22. The van der Waals surface area contributed by atoms with Crippen LogP contribution in [0.5, 0.6) is 0 Å². The van der Waals surface area contributed by atoms with E-state index in [9.17, 15) is 10.1 Å². The number of amides is 1. The van der Waals surface area contributed by atoms with Crippen molar-refractivity contribution in [1.29, 1.82) is 5.26 Å². The van der Waals surface area contributed by atoms with E-state index in [1.54, 1.807) is 17.7 Å². The molecule has 1 aliphatic rings. The minimum absolute atomic E-state index is 0.139. The summed E-state index contributed by atoms with van der Waals surface area (Å²) in [6.07, 6.45) is 5.85. The number of carbonyl (C=O) groups excluding carboxylic acids is 1. The molecule has 1 amide bonds. The molecule has 3 aromatic rings. The zero-order valence-electron chi connectivity index (χ0n) is 16.4. The van der Waals surface area contributed by atoms with E-state index in [0.29, 0.717) is 15.7 Å². The first-order valence-corrected chi connectivity index (χ1v) is 11.3. The van der Waals surface area contributed by atoms with Crippen LogP contribution in [-0.4, -0.2) is 26.4 Å². The lowest BCUT2D eigenvalue weighted by Crippen LogP contribution is -2.14. The predicted octanol–water partition coefficient (Wildman–Crippen LogP) is 4.43. The fourth-order valence-corrected chi connectivity index (χ4v) is 5.61. The average Bonchev–Trinajstić information content (AvgIpc) is 3.30. The molecule has 29 heavy (non-hydrogen) atoms. The third kappa shape index (κ3) is 4.07. The largest absolute Gasteiger partial charge is 0.316 e. The van der Waals surface area contributed by atoms with Gasteiger partial charge in [0.25, 0.3) is 0 Å². The molecule has 4 rings (SSSR count). The Labute approximate surface area is 178 Å². The van der Waals surface area contributed by atoms with Gasteiger partial charge in [-0.05, 0) is 56.7 Å². The number of fused-ring (bicyclic) bond motifs is 1. The normalized spacial score (nSPS) is 13.0. The molecule has 0 fully saturated rings. The Morgan fingerprint density at radius 3 is 2.97 bits per heavy atom. The summed E-state index contributed by atoms with van der Waals surface area (Å²) in [6.45, 7) is 4.10. The third-order valence-corrected chi connectivity index (χ3v) is 7.15. The molecule has 1 aromatic carbocycles. The summed E-state index contributed by atoms with van der Waals surface area (Å²) in [5.41, 5.74) is 5.09. The third-order valence-electron chi connectivity index (χ3n) is 5.00. The highest BCUT2D eigenvalue weighted by Crippen LogP contribution is 2.37. The van der Waals surface area contributed by atoms with Crippen molar-refractivity contribution < 1.29 is 4.79 Å². The van der Waals surface area contributed by atoms with Crippen LogP contribution in [0.4, 0.5) is 5.00 Å². The molecule has 0 radical (unpaired) electrons. The van der Waals surface area contributed by atoms with E-state index in [1.165, 1.54) is 22.2 Å². The first kappa shape index (κ1) is 19.7. The molecule has 0 atom stereocenters. The van der Waals surface area contributed by atoms with Gasteiger partial charge in [0.05, 0.1) is 17.0 Å². The fraction of sp³-hybridized carbons (Fsp3) is 0.333. The molecule has 0 aliphatic heterocycles. The number of aromatic nitrogens is 3. The molecule has 1 aliphatic carbocycles. The number of thioether (sulfide) groups is 1. The lowest BCUT2D eigenvalue weighted by Gasteiger charge is -2.10. The summed E-state index contributed by atoms with van der Waals surface area (Å²) < 4.78 is 1.90. The van der Waals surface area contributed by atoms with Gasteiger partial charge in [-0.3, -0.25) is 9.36 Å². The summed E-state index contributed by atoms with van der Waals surface area (Å²) in [7, 11) is 0. The first-order valence-electron chi connectivity index (χ1n) is 9.51. The second-order valence-corrected chi connectivity index (χ2v) is 9.18. The first-order chi connectivity index (χ1) is 14.1. The highest BCUT2D eigenvalue weighted by atomic mass is 32.2. The Balaban J connectivity index is 1.46. The Hall–Kier alpha value is -2.63. The van der Waals surface area contributed by atoms with Crippen LogP contribution < -0.4 is 5.32 Å². The standard InChI is InChI=1S/C21H21N5OS2/c1-13-7-8-17(14(2)9-13)26-12-23-25-21(26)28-11-19(27)24-20-16(10-22)15-5-3-4-6-18(15)29-20/h7-9,12H,3-6,11H2,1-2H3,(H,24,27). The van der Waals surface area contributed by atoms with E-state index in [4.69, 9.17) is 0 Å². The van der Waals surface area contributed by atoms with E-state index in [-0.39, 0.29) is 11.7 Å². The van der Waals surface area contributed by atoms with Crippen molar-refractivity contribution in [3.05, 3.63) is 51.7 Å². The molecule has 2 aromatic heterocycles. The molecule has 8 heteroatoms. The van der Waals surface area contributed by atoms with E-state index >= 15 is 0 Å². The van der Waals surface area contributed by atoms with Crippen LogP contribution in [0.3, 0.4) is 0 Å². The van der Waals surface area contributed by atoms with Crippen molar-refractivity contribution in [3.63, 3.8) is 0 Å². The zero-order valence-corrected chi connectivity index (χ0v) is 18.0.